The quantitative estimate of drug-likeness (QED) is 0.144. The minimum Gasteiger partial charge on any atom is -0.334 e. The first-order valence-electron chi connectivity index (χ1n) is 12.7. The highest BCUT2D eigenvalue weighted by molar-refractivity contribution is 5.94. The predicted octanol–water partition coefficient (Wildman–Crippen LogP) is 6.32. The number of hydrogen-bond acceptors (Lipinski definition) is 4. The average Bonchev–Trinajstić information content (AvgIpc) is 2.85. The smallest absolute Gasteiger partial charge is 0.322 e. The first kappa shape index (κ1) is 29.4. The van der Waals surface area contributed by atoms with Gasteiger partial charge >= 0.3 is 5.91 Å². The van der Waals surface area contributed by atoms with Gasteiger partial charge in [-0.15, -0.1) is 6.58 Å². The molecule has 0 saturated heterocycles. The second kappa shape index (κ2) is 14.1. The van der Waals surface area contributed by atoms with Crippen LogP contribution in [0, 0.1) is 11.3 Å². The first-order valence-corrected chi connectivity index (χ1v) is 12.7. The lowest BCUT2D eigenvalue weighted by atomic mass is 9.76. The fourth-order valence-electron chi connectivity index (χ4n) is 4.25. The number of anilines is 1. The summed E-state index contributed by atoms with van der Waals surface area (Å²) < 4.78 is 11.2. The van der Waals surface area contributed by atoms with Gasteiger partial charge in [0.1, 0.15) is 5.69 Å². The van der Waals surface area contributed by atoms with Gasteiger partial charge in [0.15, 0.2) is 13.5 Å². The van der Waals surface area contributed by atoms with Gasteiger partial charge in [0.25, 0.3) is 0 Å². The van der Waals surface area contributed by atoms with Gasteiger partial charge in [-0.25, -0.2) is 4.79 Å². The second-order valence-electron chi connectivity index (χ2n) is 10.3. The maximum Gasteiger partial charge on any atom is 0.322 e. The van der Waals surface area contributed by atoms with Crippen molar-refractivity contribution in [2.75, 3.05) is 32.5 Å². The molecule has 2 aromatic rings. The van der Waals surface area contributed by atoms with Crippen LogP contribution in [0.4, 0.5) is 11.4 Å². The third-order valence-corrected chi connectivity index (χ3v) is 6.37. The van der Waals surface area contributed by atoms with Crippen molar-refractivity contribution in [2.24, 2.45) is 11.3 Å². The Morgan fingerprint density at radius 2 is 1.81 bits per heavy atom. The van der Waals surface area contributed by atoms with E-state index in [1.165, 1.54) is 0 Å². The third-order valence-electron chi connectivity index (χ3n) is 6.37. The highest BCUT2D eigenvalue weighted by atomic mass is 16.5. The summed E-state index contributed by atoms with van der Waals surface area (Å²) in [6.45, 7) is 12.6. The number of unbranched alkanes of at least 4 members (excludes halogenated alkanes) is 1. The normalized spacial score (nSPS) is 14.0. The summed E-state index contributed by atoms with van der Waals surface area (Å²) >= 11 is 0. The first-order chi connectivity index (χ1) is 17.2. The van der Waals surface area contributed by atoms with E-state index in [2.05, 4.69) is 39.6 Å². The number of benzene rings is 2. The lowest BCUT2D eigenvalue weighted by molar-refractivity contribution is -0.141. The van der Waals surface area contributed by atoms with Crippen LogP contribution in [0.2, 0.25) is 0 Å². The van der Waals surface area contributed by atoms with Crippen LogP contribution in [0.25, 0.3) is 0 Å². The minimum absolute atomic E-state index is 0.0166. The minimum atomic E-state index is -0.234. The molecule has 0 aliphatic rings. The molecule has 6 heteroatoms. The van der Waals surface area contributed by atoms with E-state index in [1.807, 2.05) is 54.6 Å². The van der Waals surface area contributed by atoms with Gasteiger partial charge in [-0.05, 0) is 36.0 Å². The van der Waals surface area contributed by atoms with Crippen LogP contribution in [0.1, 0.15) is 52.5 Å². The Bertz CT molecular complexity index is 984. The summed E-state index contributed by atoms with van der Waals surface area (Å²) in [6.07, 6.45) is 4.42. The summed E-state index contributed by atoms with van der Waals surface area (Å²) in [5.41, 5.74) is 2.25. The van der Waals surface area contributed by atoms with Crippen molar-refractivity contribution in [3.63, 3.8) is 0 Å². The molecule has 36 heavy (non-hydrogen) atoms. The lowest BCUT2D eigenvalue weighted by Gasteiger charge is -2.34. The number of nitrogens with one attached hydrogen (secondary N) is 1. The van der Waals surface area contributed by atoms with E-state index >= 15 is 0 Å². The molecule has 2 atom stereocenters. The number of nitrogens with zero attached hydrogens (tertiary/aromatic N) is 1. The summed E-state index contributed by atoms with van der Waals surface area (Å²) in [7, 11) is 1.58. The monoisotopic (exact) mass is 495 g/mol. The summed E-state index contributed by atoms with van der Waals surface area (Å²) in [6, 6.07) is 17.5. The fourth-order valence-corrected chi connectivity index (χ4v) is 4.25. The van der Waals surface area contributed by atoms with Crippen LogP contribution in [0.15, 0.2) is 67.3 Å². The van der Waals surface area contributed by atoms with Crippen molar-refractivity contribution >= 4 is 23.2 Å². The molecule has 2 unspecified atom stereocenters. The van der Waals surface area contributed by atoms with Gasteiger partial charge in [-0.3, -0.25) is 4.79 Å². The van der Waals surface area contributed by atoms with Crippen LogP contribution in [0.5, 0.6) is 0 Å². The highest BCUT2D eigenvalue weighted by Crippen LogP contribution is 2.32. The van der Waals surface area contributed by atoms with Crippen molar-refractivity contribution in [3.05, 3.63) is 72.8 Å². The molecule has 2 rings (SSSR count). The summed E-state index contributed by atoms with van der Waals surface area (Å²) in [5.74, 6) is -0.264. The summed E-state index contributed by atoms with van der Waals surface area (Å²) in [5, 5.41) is 3.11. The van der Waals surface area contributed by atoms with Gasteiger partial charge in [-0.2, -0.15) is 4.48 Å². The predicted molar refractivity (Wildman–Crippen MR) is 147 cm³/mol. The Hall–Kier alpha value is -2.80. The fraction of sp³-hybridized carbons (Fsp3) is 0.467. The molecule has 0 heterocycles. The number of ether oxygens (including phenoxy) is 2. The molecule has 0 spiro atoms. The van der Waals surface area contributed by atoms with Crippen molar-refractivity contribution in [1.29, 1.82) is 0 Å². The topological polar surface area (TPSA) is 64.6 Å². The summed E-state index contributed by atoms with van der Waals surface area (Å²) in [4.78, 5) is 27.0. The molecule has 0 aromatic heterocycles. The molecule has 0 saturated carbocycles. The Morgan fingerprint density at radius 1 is 1.08 bits per heavy atom. The molecular formula is C30H43N2O4+. The van der Waals surface area contributed by atoms with Crippen LogP contribution >= 0.6 is 0 Å². The SMILES string of the molecule is C=CCOC[N+](COC)(C(=O)CCCC)c1cccc(NC(=O)C(Cc2ccccc2)C(C)(C)C)c1. The van der Waals surface area contributed by atoms with Gasteiger partial charge < -0.3 is 14.8 Å². The van der Waals surface area contributed by atoms with E-state index in [-0.39, 0.29) is 41.1 Å². The number of methoxy groups -OCH3 is 1. The van der Waals surface area contributed by atoms with E-state index in [4.69, 9.17) is 9.47 Å². The number of hydrogen-bond donors (Lipinski definition) is 1. The van der Waals surface area contributed by atoms with E-state index < -0.39 is 0 Å². The van der Waals surface area contributed by atoms with Gasteiger partial charge in [0.05, 0.1) is 13.0 Å². The largest absolute Gasteiger partial charge is 0.334 e. The molecule has 0 bridgehead atoms. The molecule has 2 amide bonds. The molecule has 1 N–H and O–H groups in total. The Kier molecular flexibility index (Phi) is 11.5. The molecule has 0 fully saturated rings. The van der Waals surface area contributed by atoms with E-state index in [0.717, 1.165) is 24.1 Å². The number of quaternary nitrogens is 1. The van der Waals surface area contributed by atoms with Crippen molar-refractivity contribution < 1.29 is 19.1 Å². The molecule has 2 aromatic carbocycles. The van der Waals surface area contributed by atoms with Gasteiger partial charge in [0, 0.05) is 24.8 Å². The molecule has 6 nitrogen and oxygen atoms in total. The average molecular weight is 496 g/mol. The van der Waals surface area contributed by atoms with Gasteiger partial charge in [0.2, 0.25) is 5.91 Å². The molecular weight excluding hydrogens is 452 g/mol. The van der Waals surface area contributed by atoms with Crippen LogP contribution in [-0.2, 0) is 25.5 Å². The van der Waals surface area contributed by atoms with Crippen LogP contribution in [-0.4, -0.2) is 39.0 Å². The van der Waals surface area contributed by atoms with E-state index in [9.17, 15) is 9.59 Å². The Morgan fingerprint density at radius 3 is 2.42 bits per heavy atom. The molecule has 0 aliphatic carbocycles. The van der Waals surface area contributed by atoms with Gasteiger partial charge in [-0.1, -0.05) is 76.6 Å². The molecule has 0 radical (unpaired) electrons. The number of rotatable bonds is 14. The number of amides is 2. The van der Waals surface area contributed by atoms with Crippen molar-refractivity contribution in [2.45, 2.75) is 53.4 Å². The maximum absolute atomic E-state index is 13.5. The van der Waals surface area contributed by atoms with Crippen molar-refractivity contribution in [3.8, 4) is 0 Å². The van der Waals surface area contributed by atoms with Crippen LogP contribution in [0.3, 0.4) is 0 Å². The Labute approximate surface area is 216 Å². The number of carbonyl (C=O) groups is 2. The highest BCUT2D eigenvalue weighted by Gasteiger charge is 2.39. The van der Waals surface area contributed by atoms with Crippen molar-refractivity contribution in [1.82, 2.24) is 4.48 Å². The zero-order valence-electron chi connectivity index (χ0n) is 22.6. The standard InChI is InChI=1S/C30H42N2O4/c1-7-9-18-28(33)32(22-35-6,23-36-19-8-2)26-17-13-16-25(21-26)31-29(34)27(30(3,4)5)20-24-14-11-10-12-15-24/h8,10-17,21,27H,2,7,9,18-20,22-23H2,1,3-6H3/p+1. The van der Waals surface area contributed by atoms with E-state index in [1.54, 1.807) is 13.2 Å². The second-order valence-corrected chi connectivity index (χ2v) is 10.3. The maximum atomic E-state index is 13.5. The van der Waals surface area contributed by atoms with Crippen LogP contribution < -0.4 is 9.80 Å². The van der Waals surface area contributed by atoms with E-state index in [0.29, 0.717) is 25.1 Å². The molecule has 196 valence electrons. The number of carbonyl (C=O) groups excluding carboxylic acids is 2. The zero-order valence-corrected chi connectivity index (χ0v) is 22.6. The molecule has 0 aliphatic heterocycles. The zero-order chi connectivity index (χ0) is 26.6. The Balaban J connectivity index is 2.38. The third kappa shape index (κ3) is 8.12. The lowest BCUT2D eigenvalue weighted by Crippen LogP contribution is -2.56.